The van der Waals surface area contributed by atoms with Crippen molar-refractivity contribution in [3.63, 3.8) is 0 Å². The van der Waals surface area contributed by atoms with E-state index in [1.807, 2.05) is 19.1 Å². The Hall–Kier alpha value is -0.720. The molecule has 0 atom stereocenters. The maximum absolute atomic E-state index is 4.98. The molecule has 0 spiro atoms. The summed E-state index contributed by atoms with van der Waals surface area (Å²) in [5, 5.41) is 0. The van der Waals surface area contributed by atoms with E-state index in [4.69, 9.17) is 4.74 Å². The van der Waals surface area contributed by atoms with E-state index in [9.17, 15) is 0 Å². The van der Waals surface area contributed by atoms with E-state index in [1.165, 1.54) is 0 Å². The highest BCUT2D eigenvalue weighted by molar-refractivity contribution is 5.10. The number of allylic oxidation sites excluding steroid dienone is 3. The Kier molecular flexibility index (Phi) is 4.98. The van der Waals surface area contributed by atoms with Crippen LogP contribution in [0.4, 0.5) is 0 Å². The van der Waals surface area contributed by atoms with Gasteiger partial charge in [0.1, 0.15) is 5.76 Å². The predicted octanol–water partition coefficient (Wildman–Crippen LogP) is 2.50. The van der Waals surface area contributed by atoms with Crippen LogP contribution in [-0.2, 0) is 4.74 Å². The van der Waals surface area contributed by atoms with E-state index in [1.54, 1.807) is 7.11 Å². The van der Waals surface area contributed by atoms with Crippen LogP contribution < -0.4 is 0 Å². The molecule has 0 saturated heterocycles. The summed E-state index contributed by atoms with van der Waals surface area (Å²) in [6, 6.07) is 0. The Balaban J connectivity index is 3.70. The summed E-state index contributed by atoms with van der Waals surface area (Å²) in [6.07, 6.45) is 7.03. The molecule has 0 N–H and O–H groups in total. The Morgan fingerprint density at radius 3 is 2.56 bits per heavy atom. The van der Waals surface area contributed by atoms with Gasteiger partial charge < -0.3 is 4.74 Å². The zero-order valence-corrected chi connectivity index (χ0v) is 6.35. The Labute approximate surface area is 57.0 Å². The first-order valence-electron chi connectivity index (χ1n) is 3.22. The smallest absolute Gasteiger partial charge is 0.114 e. The molecule has 0 fully saturated rings. The normalized spacial score (nSPS) is 12.6. The second kappa shape index (κ2) is 5.42. The number of ether oxygens (including phenoxy) is 1. The van der Waals surface area contributed by atoms with Crippen molar-refractivity contribution in [1.29, 1.82) is 0 Å². The lowest BCUT2D eigenvalue weighted by atomic mass is 10.3. The van der Waals surface area contributed by atoms with Crippen molar-refractivity contribution < 1.29 is 4.74 Å². The van der Waals surface area contributed by atoms with Gasteiger partial charge in [0.25, 0.3) is 0 Å². The van der Waals surface area contributed by atoms with Gasteiger partial charge in [0, 0.05) is 0 Å². The molecule has 0 bridgehead atoms. The van der Waals surface area contributed by atoms with Gasteiger partial charge in [0.05, 0.1) is 7.11 Å². The Bertz CT molecular complexity index is 112. The van der Waals surface area contributed by atoms with Gasteiger partial charge in [-0.1, -0.05) is 13.0 Å². The summed E-state index contributed by atoms with van der Waals surface area (Å²) in [6.45, 7) is 4.05. The zero-order valence-electron chi connectivity index (χ0n) is 6.35. The molecular formula is C8H14O. The van der Waals surface area contributed by atoms with Gasteiger partial charge in [-0.3, -0.25) is 0 Å². The standard InChI is InChI=1S/C8H14O/c1-4-6-7-8(5-2)9-3/h5-7H,4H2,1-3H3. The van der Waals surface area contributed by atoms with Gasteiger partial charge in [-0.25, -0.2) is 0 Å². The lowest BCUT2D eigenvalue weighted by molar-refractivity contribution is 0.306. The third-order valence-corrected chi connectivity index (χ3v) is 1.04. The van der Waals surface area contributed by atoms with Crippen molar-refractivity contribution in [2.75, 3.05) is 7.11 Å². The molecule has 0 amide bonds. The molecule has 52 valence electrons. The van der Waals surface area contributed by atoms with E-state index >= 15 is 0 Å². The lowest BCUT2D eigenvalue weighted by Crippen LogP contribution is -1.78. The van der Waals surface area contributed by atoms with Crippen LogP contribution in [0.15, 0.2) is 24.0 Å². The second-order valence-electron chi connectivity index (χ2n) is 1.71. The highest BCUT2D eigenvalue weighted by Gasteiger charge is 1.81. The molecule has 0 heterocycles. The van der Waals surface area contributed by atoms with E-state index in [0.29, 0.717) is 0 Å². The highest BCUT2D eigenvalue weighted by Crippen LogP contribution is 1.96. The van der Waals surface area contributed by atoms with Gasteiger partial charge in [-0.2, -0.15) is 0 Å². The van der Waals surface area contributed by atoms with Crippen molar-refractivity contribution in [3.05, 3.63) is 24.0 Å². The monoisotopic (exact) mass is 126 g/mol. The molecule has 0 aliphatic rings. The number of hydrogen-bond acceptors (Lipinski definition) is 1. The van der Waals surface area contributed by atoms with Crippen molar-refractivity contribution in [3.8, 4) is 0 Å². The van der Waals surface area contributed by atoms with Crippen LogP contribution in [-0.4, -0.2) is 7.11 Å². The highest BCUT2D eigenvalue weighted by atomic mass is 16.5. The van der Waals surface area contributed by atoms with Crippen LogP contribution >= 0.6 is 0 Å². The van der Waals surface area contributed by atoms with Crippen LogP contribution in [0.25, 0.3) is 0 Å². The fourth-order valence-electron chi connectivity index (χ4n) is 0.516. The van der Waals surface area contributed by atoms with Crippen LogP contribution in [0.1, 0.15) is 20.3 Å². The SMILES string of the molecule is CC=C(C=CCC)OC. The fourth-order valence-corrected chi connectivity index (χ4v) is 0.516. The zero-order chi connectivity index (χ0) is 7.11. The van der Waals surface area contributed by atoms with Crippen LogP contribution in [0.3, 0.4) is 0 Å². The fraction of sp³-hybridized carbons (Fsp3) is 0.500. The molecule has 0 aliphatic carbocycles. The maximum Gasteiger partial charge on any atom is 0.114 e. The average Bonchev–Trinajstić information content (AvgIpc) is 1.91. The summed E-state index contributed by atoms with van der Waals surface area (Å²) in [5.41, 5.74) is 0. The Morgan fingerprint density at radius 1 is 1.56 bits per heavy atom. The van der Waals surface area contributed by atoms with E-state index in [2.05, 4.69) is 13.0 Å². The molecule has 0 aromatic rings. The van der Waals surface area contributed by atoms with E-state index in [-0.39, 0.29) is 0 Å². The van der Waals surface area contributed by atoms with Crippen LogP contribution in [0.2, 0.25) is 0 Å². The molecule has 0 unspecified atom stereocenters. The minimum atomic E-state index is 0.928. The third kappa shape index (κ3) is 3.83. The van der Waals surface area contributed by atoms with Gasteiger partial charge >= 0.3 is 0 Å². The third-order valence-electron chi connectivity index (χ3n) is 1.04. The number of hydrogen-bond donors (Lipinski definition) is 0. The summed E-state index contributed by atoms with van der Waals surface area (Å²) >= 11 is 0. The van der Waals surface area contributed by atoms with Gasteiger partial charge in [-0.05, 0) is 25.5 Å². The summed E-state index contributed by atoms with van der Waals surface area (Å²) in [4.78, 5) is 0. The first-order chi connectivity index (χ1) is 4.35. The molecule has 0 aromatic carbocycles. The largest absolute Gasteiger partial charge is 0.497 e. The van der Waals surface area contributed by atoms with Gasteiger partial charge in [-0.15, -0.1) is 0 Å². The Morgan fingerprint density at radius 2 is 2.22 bits per heavy atom. The van der Waals surface area contributed by atoms with Crippen molar-refractivity contribution in [2.45, 2.75) is 20.3 Å². The molecule has 9 heavy (non-hydrogen) atoms. The first kappa shape index (κ1) is 8.28. The molecule has 1 nitrogen and oxygen atoms in total. The second-order valence-corrected chi connectivity index (χ2v) is 1.71. The van der Waals surface area contributed by atoms with E-state index < -0.39 is 0 Å². The van der Waals surface area contributed by atoms with E-state index in [0.717, 1.165) is 12.2 Å². The molecular weight excluding hydrogens is 112 g/mol. The minimum absolute atomic E-state index is 0.928. The topological polar surface area (TPSA) is 9.23 Å². The molecule has 1 heteroatoms. The summed E-state index contributed by atoms with van der Waals surface area (Å²) in [5.74, 6) is 0.928. The number of methoxy groups -OCH3 is 1. The quantitative estimate of drug-likeness (QED) is 0.417. The van der Waals surface area contributed by atoms with Crippen molar-refractivity contribution in [2.24, 2.45) is 0 Å². The van der Waals surface area contributed by atoms with Gasteiger partial charge in [0.2, 0.25) is 0 Å². The first-order valence-corrected chi connectivity index (χ1v) is 3.22. The molecule has 0 aromatic heterocycles. The van der Waals surface area contributed by atoms with Crippen LogP contribution in [0, 0.1) is 0 Å². The number of rotatable bonds is 3. The molecule has 0 aliphatic heterocycles. The minimum Gasteiger partial charge on any atom is -0.497 e. The van der Waals surface area contributed by atoms with Gasteiger partial charge in [0.15, 0.2) is 0 Å². The average molecular weight is 126 g/mol. The maximum atomic E-state index is 4.98. The molecule has 0 rings (SSSR count). The predicted molar refractivity (Wildman–Crippen MR) is 40.2 cm³/mol. The summed E-state index contributed by atoms with van der Waals surface area (Å²) in [7, 11) is 1.68. The van der Waals surface area contributed by atoms with Crippen LogP contribution in [0.5, 0.6) is 0 Å². The summed E-state index contributed by atoms with van der Waals surface area (Å²) < 4.78 is 4.98. The van der Waals surface area contributed by atoms with Crippen molar-refractivity contribution >= 4 is 0 Å². The van der Waals surface area contributed by atoms with Crippen molar-refractivity contribution in [1.82, 2.24) is 0 Å². The molecule has 0 saturated carbocycles. The molecule has 0 radical (unpaired) electrons. The lowest BCUT2D eigenvalue weighted by Gasteiger charge is -1.95.